The van der Waals surface area contributed by atoms with E-state index in [4.69, 9.17) is 0 Å². The minimum absolute atomic E-state index is 0.259. The molecule has 0 spiro atoms. The first-order chi connectivity index (χ1) is 4.55. The molecule has 0 aromatic heterocycles. The molecule has 0 nitrogen and oxygen atoms in total. The molecule has 3 heteroatoms. The van der Waals surface area contributed by atoms with Crippen LogP contribution >= 0.6 is 0 Å². The lowest BCUT2D eigenvalue weighted by Crippen LogP contribution is -2.09. The second kappa shape index (κ2) is 2.44. The summed E-state index contributed by atoms with van der Waals surface area (Å²) in [5, 5.41) is 0. The molecule has 1 fully saturated rings. The van der Waals surface area contributed by atoms with Crippen LogP contribution in [0.15, 0.2) is 0 Å². The van der Waals surface area contributed by atoms with Gasteiger partial charge in [-0.15, -0.1) is 0 Å². The van der Waals surface area contributed by atoms with Gasteiger partial charge in [-0.3, -0.25) is 0 Å². The van der Waals surface area contributed by atoms with Crippen LogP contribution in [-0.4, -0.2) is 12.1 Å². The van der Waals surface area contributed by atoms with Gasteiger partial charge in [0.2, 0.25) is 0 Å². The second-order valence-corrected chi connectivity index (χ2v) is 2.95. The maximum absolute atomic E-state index is 12.6. The number of rotatable bonds is 1. The van der Waals surface area contributed by atoms with Crippen LogP contribution in [0.3, 0.4) is 0 Å². The Bertz CT molecular complexity index is 122. The van der Waals surface area contributed by atoms with Crippen LogP contribution in [0.25, 0.3) is 0 Å². The average molecular weight is 152 g/mol. The van der Waals surface area contributed by atoms with E-state index in [1.54, 1.807) is 6.92 Å². The van der Waals surface area contributed by atoms with Crippen molar-refractivity contribution in [3.8, 4) is 0 Å². The first-order valence-electron chi connectivity index (χ1n) is 3.57. The van der Waals surface area contributed by atoms with Crippen LogP contribution in [0, 0.1) is 5.92 Å². The van der Waals surface area contributed by atoms with Crippen molar-refractivity contribution < 1.29 is 13.2 Å². The zero-order chi connectivity index (χ0) is 7.78. The Morgan fingerprint density at radius 3 is 2.20 bits per heavy atom. The topological polar surface area (TPSA) is 0 Å². The summed E-state index contributed by atoms with van der Waals surface area (Å²) in [6.45, 7) is 1.75. The van der Waals surface area contributed by atoms with Crippen LogP contribution < -0.4 is 0 Å². The lowest BCUT2D eigenvalue weighted by molar-refractivity contribution is 0.00118. The van der Waals surface area contributed by atoms with Crippen LogP contribution in [0.4, 0.5) is 13.2 Å². The molecule has 0 aromatic carbocycles. The summed E-state index contributed by atoms with van der Waals surface area (Å²) in [6.07, 6.45) is -1.58. The highest BCUT2D eigenvalue weighted by atomic mass is 19.3. The Labute approximate surface area is 58.4 Å². The normalized spacial score (nSPS) is 38.4. The van der Waals surface area contributed by atoms with E-state index in [2.05, 4.69) is 0 Å². The van der Waals surface area contributed by atoms with Crippen molar-refractivity contribution in [2.75, 3.05) is 0 Å². The van der Waals surface area contributed by atoms with E-state index in [-0.39, 0.29) is 6.42 Å². The average Bonchev–Trinajstić information content (AvgIpc) is 2.05. The molecule has 1 saturated carbocycles. The fourth-order valence-electron chi connectivity index (χ4n) is 1.45. The number of hydrogen-bond donors (Lipinski definition) is 0. The molecule has 0 N–H and O–H groups in total. The molecular weight excluding hydrogens is 141 g/mol. The van der Waals surface area contributed by atoms with Gasteiger partial charge in [0.05, 0.1) is 0 Å². The summed E-state index contributed by atoms with van der Waals surface area (Å²) < 4.78 is 37.4. The van der Waals surface area contributed by atoms with Crippen LogP contribution in [-0.2, 0) is 0 Å². The zero-order valence-corrected chi connectivity index (χ0v) is 5.91. The van der Waals surface area contributed by atoms with Crippen LogP contribution in [0.1, 0.15) is 26.2 Å². The fourth-order valence-corrected chi connectivity index (χ4v) is 1.45. The molecule has 2 atom stereocenters. The van der Waals surface area contributed by atoms with Crippen molar-refractivity contribution in [3.63, 3.8) is 0 Å². The Kier molecular flexibility index (Phi) is 1.92. The van der Waals surface area contributed by atoms with Gasteiger partial charge in [0.1, 0.15) is 6.17 Å². The van der Waals surface area contributed by atoms with Gasteiger partial charge < -0.3 is 0 Å². The van der Waals surface area contributed by atoms with E-state index in [1.807, 2.05) is 0 Å². The molecule has 0 aromatic rings. The van der Waals surface area contributed by atoms with E-state index < -0.39 is 24.4 Å². The molecule has 1 aliphatic rings. The predicted octanol–water partition coefficient (Wildman–Crippen LogP) is 2.78. The Morgan fingerprint density at radius 1 is 1.40 bits per heavy atom. The van der Waals surface area contributed by atoms with Crippen LogP contribution in [0.2, 0.25) is 0 Å². The molecular formula is C7H11F3. The van der Waals surface area contributed by atoms with E-state index >= 15 is 0 Å². The predicted molar refractivity (Wildman–Crippen MR) is 32.9 cm³/mol. The third kappa shape index (κ3) is 1.44. The Balaban J connectivity index is 2.52. The fraction of sp³-hybridized carbons (Fsp3) is 1.00. The van der Waals surface area contributed by atoms with Crippen molar-refractivity contribution in [2.45, 2.75) is 38.3 Å². The highest BCUT2D eigenvalue weighted by molar-refractivity contribution is 4.87. The van der Waals surface area contributed by atoms with Crippen molar-refractivity contribution in [2.24, 2.45) is 5.92 Å². The molecule has 0 bridgehead atoms. The lowest BCUT2D eigenvalue weighted by Gasteiger charge is -2.06. The third-order valence-corrected chi connectivity index (χ3v) is 2.09. The Morgan fingerprint density at radius 2 is 2.00 bits per heavy atom. The molecule has 0 aliphatic heterocycles. The van der Waals surface area contributed by atoms with Gasteiger partial charge in [-0.2, -0.15) is 0 Å². The molecule has 0 heterocycles. The smallest absolute Gasteiger partial charge is 0.247 e. The first-order valence-corrected chi connectivity index (χ1v) is 3.57. The lowest BCUT2D eigenvalue weighted by atomic mass is 10.0. The van der Waals surface area contributed by atoms with E-state index in [0.29, 0.717) is 6.42 Å². The second-order valence-electron chi connectivity index (χ2n) is 2.95. The van der Waals surface area contributed by atoms with E-state index in [9.17, 15) is 13.2 Å². The molecule has 0 saturated heterocycles. The molecule has 1 rings (SSSR count). The van der Waals surface area contributed by atoms with Crippen LogP contribution in [0.5, 0.6) is 0 Å². The molecule has 10 heavy (non-hydrogen) atoms. The molecule has 60 valence electrons. The summed E-state index contributed by atoms with van der Waals surface area (Å²) >= 11 is 0. The summed E-state index contributed by atoms with van der Waals surface area (Å²) in [5.41, 5.74) is 0. The Hall–Kier alpha value is -0.210. The largest absolute Gasteiger partial charge is 0.251 e. The van der Waals surface area contributed by atoms with Gasteiger partial charge in [-0.05, 0) is 5.92 Å². The minimum Gasteiger partial charge on any atom is -0.247 e. The quantitative estimate of drug-likeness (QED) is 0.542. The van der Waals surface area contributed by atoms with Gasteiger partial charge in [0, 0.05) is 12.8 Å². The molecule has 0 amide bonds. The standard InChI is InChI=1S/C7H11F3/c1-2-5-3-7(9,10)4-6(5)8/h5-6H,2-4H2,1H3. The maximum Gasteiger partial charge on any atom is 0.251 e. The summed E-state index contributed by atoms with van der Waals surface area (Å²) in [4.78, 5) is 0. The summed E-state index contributed by atoms with van der Waals surface area (Å²) in [5.74, 6) is -3.14. The van der Waals surface area contributed by atoms with Gasteiger partial charge in [-0.25, -0.2) is 13.2 Å². The van der Waals surface area contributed by atoms with E-state index in [0.717, 1.165) is 0 Å². The zero-order valence-electron chi connectivity index (χ0n) is 5.91. The number of halogens is 3. The van der Waals surface area contributed by atoms with Gasteiger partial charge >= 0.3 is 0 Å². The van der Waals surface area contributed by atoms with Crippen molar-refractivity contribution in [3.05, 3.63) is 0 Å². The highest BCUT2D eigenvalue weighted by Crippen LogP contribution is 2.41. The molecule has 1 aliphatic carbocycles. The molecule has 2 unspecified atom stereocenters. The molecule has 0 radical (unpaired) electrons. The van der Waals surface area contributed by atoms with Gasteiger partial charge in [-0.1, -0.05) is 13.3 Å². The van der Waals surface area contributed by atoms with Gasteiger partial charge in [0.25, 0.3) is 5.92 Å². The van der Waals surface area contributed by atoms with Crippen molar-refractivity contribution in [1.82, 2.24) is 0 Å². The maximum atomic E-state index is 12.6. The third-order valence-electron chi connectivity index (χ3n) is 2.09. The number of hydrogen-bond acceptors (Lipinski definition) is 0. The van der Waals surface area contributed by atoms with Crippen molar-refractivity contribution >= 4 is 0 Å². The van der Waals surface area contributed by atoms with E-state index in [1.165, 1.54) is 0 Å². The number of alkyl halides is 3. The van der Waals surface area contributed by atoms with Gasteiger partial charge in [0.15, 0.2) is 0 Å². The monoisotopic (exact) mass is 152 g/mol. The summed E-state index contributed by atoms with van der Waals surface area (Å²) in [7, 11) is 0. The SMILES string of the molecule is CCC1CC(F)(F)CC1F. The minimum atomic E-state index is -2.74. The van der Waals surface area contributed by atoms with Crippen molar-refractivity contribution in [1.29, 1.82) is 0 Å². The highest BCUT2D eigenvalue weighted by Gasteiger charge is 2.45. The summed E-state index contributed by atoms with van der Waals surface area (Å²) in [6, 6.07) is 0. The first kappa shape index (κ1) is 7.89.